The molecule has 2 aliphatic rings. The van der Waals surface area contributed by atoms with Crippen LogP contribution < -0.4 is 4.90 Å². The van der Waals surface area contributed by atoms with E-state index in [1.807, 2.05) is 24.3 Å². The maximum absolute atomic E-state index is 6.22. The van der Waals surface area contributed by atoms with Crippen LogP contribution in [0.1, 0.15) is 29.4 Å². The van der Waals surface area contributed by atoms with Gasteiger partial charge in [-0.1, -0.05) is 59.6 Å². The van der Waals surface area contributed by atoms with Crippen LogP contribution in [0.3, 0.4) is 0 Å². The quantitative estimate of drug-likeness (QED) is 0.270. The summed E-state index contributed by atoms with van der Waals surface area (Å²) in [6.07, 6.45) is 1.16. The zero-order chi connectivity index (χ0) is 27.6. The van der Waals surface area contributed by atoms with Gasteiger partial charge in [-0.3, -0.25) is 9.80 Å². The van der Waals surface area contributed by atoms with Crippen molar-refractivity contribution in [2.75, 3.05) is 58.3 Å². The molecule has 3 aromatic carbocycles. The Morgan fingerprint density at radius 3 is 2.05 bits per heavy atom. The van der Waals surface area contributed by atoms with Crippen molar-refractivity contribution in [1.82, 2.24) is 24.7 Å². The summed E-state index contributed by atoms with van der Waals surface area (Å²) in [7, 11) is 4.39. The van der Waals surface area contributed by atoms with Crippen LogP contribution in [-0.4, -0.2) is 84.1 Å². The number of piperazine rings is 1. The normalized spacial score (nSPS) is 19.1. The molecule has 1 atom stereocenters. The van der Waals surface area contributed by atoms with Gasteiger partial charge >= 0.3 is 0 Å². The number of likely N-dealkylation sites (N-methyl/N-ethyl adjacent to an activating group) is 2. The summed E-state index contributed by atoms with van der Waals surface area (Å²) in [5, 5.41) is 2.63. The number of rotatable bonds is 7. The van der Waals surface area contributed by atoms with Gasteiger partial charge in [-0.05, 0) is 67.5 Å². The zero-order valence-electron chi connectivity index (χ0n) is 23.2. The SMILES string of the molecule is CN1CCC(N(C)c2nc(CN3CCN(C(c4ccc(Cl)cc4)c4ccc(Cl)cc4)CC3)nc3ccccc23)C1. The molecule has 0 aliphatic carbocycles. The zero-order valence-corrected chi connectivity index (χ0v) is 24.7. The van der Waals surface area contributed by atoms with E-state index in [9.17, 15) is 0 Å². The van der Waals surface area contributed by atoms with Crippen LogP contribution in [0.25, 0.3) is 10.9 Å². The standard InChI is InChI=1S/C32H36Cl2N6/c1-37-16-15-27(21-37)38(2)32-28-5-3-4-6-29(28)35-30(36-32)22-39-17-19-40(20-18-39)31(23-7-11-25(33)12-8-23)24-9-13-26(34)14-10-24/h3-14,27,31H,15-22H2,1-2H3. The molecule has 4 aromatic rings. The average molecular weight is 576 g/mol. The van der Waals surface area contributed by atoms with E-state index in [1.165, 1.54) is 11.1 Å². The molecular weight excluding hydrogens is 539 g/mol. The maximum Gasteiger partial charge on any atom is 0.145 e. The number of fused-ring (bicyclic) bond motifs is 1. The molecule has 3 heterocycles. The van der Waals surface area contributed by atoms with E-state index in [0.717, 1.165) is 84.8 Å². The minimum atomic E-state index is 0.151. The van der Waals surface area contributed by atoms with E-state index < -0.39 is 0 Å². The van der Waals surface area contributed by atoms with E-state index in [1.54, 1.807) is 0 Å². The Hall–Kier alpha value is -2.74. The van der Waals surface area contributed by atoms with Gasteiger partial charge in [0.1, 0.15) is 11.6 Å². The summed E-state index contributed by atoms with van der Waals surface area (Å²) in [4.78, 5) is 19.9. The monoisotopic (exact) mass is 574 g/mol. The minimum Gasteiger partial charge on any atom is -0.355 e. The summed E-state index contributed by atoms with van der Waals surface area (Å²) < 4.78 is 0. The van der Waals surface area contributed by atoms with Gasteiger partial charge in [-0.2, -0.15) is 0 Å². The van der Waals surface area contributed by atoms with Crippen LogP contribution >= 0.6 is 23.2 Å². The first-order chi connectivity index (χ1) is 19.4. The predicted octanol–water partition coefficient (Wildman–Crippen LogP) is 5.98. The fourth-order valence-electron chi connectivity index (χ4n) is 6.13. The number of aromatic nitrogens is 2. The van der Waals surface area contributed by atoms with E-state index in [0.29, 0.717) is 6.04 Å². The predicted molar refractivity (Wildman–Crippen MR) is 165 cm³/mol. The van der Waals surface area contributed by atoms with Crippen molar-refractivity contribution < 1.29 is 0 Å². The van der Waals surface area contributed by atoms with Crippen molar-refractivity contribution in [3.63, 3.8) is 0 Å². The molecule has 0 N–H and O–H groups in total. The number of hydrogen-bond donors (Lipinski definition) is 0. The minimum absolute atomic E-state index is 0.151. The van der Waals surface area contributed by atoms with Crippen molar-refractivity contribution in [2.24, 2.45) is 0 Å². The highest BCUT2D eigenvalue weighted by Crippen LogP contribution is 2.32. The second-order valence-electron chi connectivity index (χ2n) is 11.1. The molecule has 6 rings (SSSR count). The van der Waals surface area contributed by atoms with Crippen LogP contribution in [0.15, 0.2) is 72.8 Å². The van der Waals surface area contributed by atoms with Gasteiger partial charge in [0, 0.05) is 61.2 Å². The molecule has 208 valence electrons. The molecule has 1 unspecified atom stereocenters. The van der Waals surface area contributed by atoms with E-state index in [4.69, 9.17) is 33.2 Å². The molecule has 0 spiro atoms. The Morgan fingerprint density at radius 2 is 1.45 bits per heavy atom. The lowest BCUT2D eigenvalue weighted by atomic mass is 9.96. The first-order valence-electron chi connectivity index (χ1n) is 14.1. The molecule has 40 heavy (non-hydrogen) atoms. The lowest BCUT2D eigenvalue weighted by Crippen LogP contribution is -2.47. The Labute approximate surface area is 247 Å². The summed E-state index contributed by atoms with van der Waals surface area (Å²) in [5.41, 5.74) is 3.50. The van der Waals surface area contributed by atoms with Crippen molar-refractivity contribution in [3.8, 4) is 0 Å². The number of likely N-dealkylation sites (tertiary alicyclic amines) is 1. The first kappa shape index (κ1) is 27.4. The van der Waals surface area contributed by atoms with E-state index >= 15 is 0 Å². The molecule has 0 amide bonds. The van der Waals surface area contributed by atoms with Gasteiger partial charge in [0.15, 0.2) is 0 Å². The Bertz CT molecular complexity index is 1390. The van der Waals surface area contributed by atoms with Crippen molar-refractivity contribution in [1.29, 1.82) is 0 Å². The average Bonchev–Trinajstić information content (AvgIpc) is 3.41. The molecule has 0 radical (unpaired) electrons. The Morgan fingerprint density at radius 1 is 0.825 bits per heavy atom. The van der Waals surface area contributed by atoms with E-state index in [2.05, 4.69) is 82.2 Å². The van der Waals surface area contributed by atoms with Crippen molar-refractivity contribution in [2.45, 2.75) is 25.0 Å². The topological polar surface area (TPSA) is 38.7 Å². The van der Waals surface area contributed by atoms with Crippen LogP contribution in [0.4, 0.5) is 5.82 Å². The second kappa shape index (κ2) is 12.0. The van der Waals surface area contributed by atoms with Gasteiger partial charge in [0.05, 0.1) is 18.1 Å². The fourth-order valence-corrected chi connectivity index (χ4v) is 6.38. The van der Waals surface area contributed by atoms with E-state index in [-0.39, 0.29) is 6.04 Å². The lowest BCUT2D eigenvalue weighted by molar-refractivity contribution is 0.103. The molecule has 2 saturated heterocycles. The molecule has 6 nitrogen and oxygen atoms in total. The number of nitrogens with zero attached hydrogens (tertiary/aromatic N) is 6. The third kappa shape index (κ3) is 5.97. The number of hydrogen-bond acceptors (Lipinski definition) is 6. The highest BCUT2D eigenvalue weighted by Gasteiger charge is 2.28. The summed E-state index contributed by atoms with van der Waals surface area (Å²) in [6.45, 7) is 6.74. The summed E-state index contributed by atoms with van der Waals surface area (Å²) in [5.74, 6) is 1.94. The molecule has 2 fully saturated rings. The number of para-hydroxylation sites is 1. The molecule has 0 bridgehead atoms. The van der Waals surface area contributed by atoms with Gasteiger partial charge in [0.2, 0.25) is 0 Å². The highest BCUT2D eigenvalue weighted by atomic mass is 35.5. The maximum atomic E-state index is 6.22. The Balaban J connectivity index is 1.20. The first-order valence-corrected chi connectivity index (χ1v) is 14.8. The smallest absolute Gasteiger partial charge is 0.145 e. The van der Waals surface area contributed by atoms with Gasteiger partial charge in [0.25, 0.3) is 0 Å². The fraction of sp³-hybridized carbons (Fsp3) is 0.375. The highest BCUT2D eigenvalue weighted by molar-refractivity contribution is 6.30. The van der Waals surface area contributed by atoms with Crippen LogP contribution in [0.2, 0.25) is 10.0 Å². The van der Waals surface area contributed by atoms with Gasteiger partial charge in [-0.25, -0.2) is 9.97 Å². The third-order valence-corrected chi connectivity index (χ3v) is 8.89. The summed E-state index contributed by atoms with van der Waals surface area (Å²) >= 11 is 12.4. The van der Waals surface area contributed by atoms with Gasteiger partial charge < -0.3 is 9.80 Å². The molecule has 8 heteroatoms. The largest absolute Gasteiger partial charge is 0.355 e. The number of halogens is 2. The molecule has 1 aromatic heterocycles. The third-order valence-electron chi connectivity index (χ3n) is 8.39. The Kier molecular flexibility index (Phi) is 8.24. The summed E-state index contributed by atoms with van der Waals surface area (Å²) in [6, 6.07) is 25.5. The van der Waals surface area contributed by atoms with Gasteiger partial charge in [-0.15, -0.1) is 0 Å². The van der Waals surface area contributed by atoms with Crippen LogP contribution in [0, 0.1) is 0 Å². The lowest BCUT2D eigenvalue weighted by Gasteiger charge is -2.39. The molecular formula is C32H36Cl2N6. The van der Waals surface area contributed by atoms with Crippen LogP contribution in [0.5, 0.6) is 0 Å². The van der Waals surface area contributed by atoms with Crippen LogP contribution in [-0.2, 0) is 6.54 Å². The molecule has 0 saturated carbocycles. The van der Waals surface area contributed by atoms with Crippen molar-refractivity contribution in [3.05, 3.63) is 99.8 Å². The van der Waals surface area contributed by atoms with Crippen molar-refractivity contribution >= 4 is 39.9 Å². The number of anilines is 1. The number of benzene rings is 3. The molecule has 2 aliphatic heterocycles. The second-order valence-corrected chi connectivity index (χ2v) is 12.0.